The fourth-order valence-corrected chi connectivity index (χ4v) is 2.67. The second-order valence-electron chi connectivity index (χ2n) is 5.04. The molecule has 22 heavy (non-hydrogen) atoms. The highest BCUT2D eigenvalue weighted by atomic mass is 35.5. The summed E-state index contributed by atoms with van der Waals surface area (Å²) in [5.74, 6) is 1.43. The Kier molecular flexibility index (Phi) is 3.90. The zero-order chi connectivity index (χ0) is 15.7. The molecule has 0 saturated heterocycles. The third-order valence-electron chi connectivity index (χ3n) is 3.40. The molecule has 0 unspecified atom stereocenters. The van der Waals surface area contributed by atoms with Gasteiger partial charge in [-0.25, -0.2) is 0 Å². The van der Waals surface area contributed by atoms with Gasteiger partial charge in [0.1, 0.15) is 11.5 Å². The molecule has 3 nitrogen and oxygen atoms in total. The molecule has 112 valence electrons. The van der Waals surface area contributed by atoms with E-state index >= 15 is 0 Å². The van der Waals surface area contributed by atoms with E-state index in [0.29, 0.717) is 34.5 Å². The normalized spacial score (nSPS) is 14.9. The summed E-state index contributed by atoms with van der Waals surface area (Å²) in [5.41, 5.74) is 2.27. The van der Waals surface area contributed by atoms with Gasteiger partial charge in [-0.1, -0.05) is 23.7 Å². The van der Waals surface area contributed by atoms with E-state index in [9.17, 15) is 4.79 Å². The van der Waals surface area contributed by atoms with Crippen molar-refractivity contribution < 1.29 is 14.3 Å². The molecule has 2 aromatic rings. The van der Waals surface area contributed by atoms with E-state index in [2.05, 4.69) is 0 Å². The van der Waals surface area contributed by atoms with Gasteiger partial charge in [-0.05, 0) is 49.2 Å². The first-order valence-corrected chi connectivity index (χ1v) is 7.43. The average Bonchev–Trinajstić information content (AvgIpc) is 2.76. The summed E-state index contributed by atoms with van der Waals surface area (Å²) in [6, 6.07) is 10.9. The van der Waals surface area contributed by atoms with Crippen molar-refractivity contribution >= 4 is 23.5 Å². The minimum Gasteiger partial charge on any atom is -0.494 e. The lowest BCUT2D eigenvalue weighted by Gasteiger charge is -2.06. The molecule has 0 N–H and O–H groups in total. The number of carbonyl (C=O) groups is 1. The largest absolute Gasteiger partial charge is 0.494 e. The van der Waals surface area contributed by atoms with Crippen LogP contribution in [0.25, 0.3) is 6.08 Å². The number of ketones is 1. The number of allylic oxidation sites excluding steroid dienone is 1. The second-order valence-corrected chi connectivity index (χ2v) is 5.48. The number of Topliss-reactive ketones (excluding diaryl/α,β-unsaturated/α-hetero) is 1. The Hall–Kier alpha value is -2.26. The van der Waals surface area contributed by atoms with Crippen LogP contribution in [-0.4, -0.2) is 12.4 Å². The molecule has 0 fully saturated rings. The van der Waals surface area contributed by atoms with Gasteiger partial charge in [0.25, 0.3) is 0 Å². The van der Waals surface area contributed by atoms with Crippen molar-refractivity contribution in [3.63, 3.8) is 0 Å². The molecule has 1 heterocycles. The van der Waals surface area contributed by atoms with Crippen molar-refractivity contribution in [3.8, 4) is 11.5 Å². The van der Waals surface area contributed by atoms with Crippen LogP contribution in [0, 0.1) is 6.92 Å². The van der Waals surface area contributed by atoms with Crippen LogP contribution in [0.4, 0.5) is 0 Å². The molecule has 2 aromatic carbocycles. The van der Waals surface area contributed by atoms with Crippen molar-refractivity contribution in [1.29, 1.82) is 0 Å². The van der Waals surface area contributed by atoms with Crippen molar-refractivity contribution in [2.24, 2.45) is 0 Å². The summed E-state index contributed by atoms with van der Waals surface area (Å²) in [7, 11) is 0. The van der Waals surface area contributed by atoms with Crippen LogP contribution in [0.1, 0.15) is 28.4 Å². The number of fused-ring (bicyclic) bond motifs is 1. The highest BCUT2D eigenvalue weighted by molar-refractivity contribution is 6.30. The standard InChI is InChI=1S/C18H15ClO3/c1-3-21-14-7-11(2)17-15(10-14)22-16(18(17)20)9-12-5-4-6-13(19)8-12/h4-10H,3H2,1-2H3/b16-9-. The fraction of sp³-hybridized carbons (Fsp3) is 0.167. The van der Waals surface area contributed by atoms with Gasteiger partial charge in [-0.2, -0.15) is 0 Å². The minimum absolute atomic E-state index is 0.115. The van der Waals surface area contributed by atoms with Crippen LogP contribution in [0.5, 0.6) is 11.5 Å². The van der Waals surface area contributed by atoms with Crippen LogP contribution < -0.4 is 9.47 Å². The Bertz CT molecular complexity index is 778. The van der Waals surface area contributed by atoms with Gasteiger partial charge in [0.2, 0.25) is 5.78 Å². The van der Waals surface area contributed by atoms with Crippen LogP contribution in [0.3, 0.4) is 0 Å². The molecule has 0 radical (unpaired) electrons. The molecule has 0 atom stereocenters. The van der Waals surface area contributed by atoms with Gasteiger partial charge in [-0.15, -0.1) is 0 Å². The molecule has 0 bridgehead atoms. The molecule has 1 aliphatic rings. The molecule has 0 spiro atoms. The summed E-state index contributed by atoms with van der Waals surface area (Å²) in [6.45, 7) is 4.36. The van der Waals surface area contributed by atoms with E-state index in [4.69, 9.17) is 21.1 Å². The number of carbonyl (C=O) groups excluding carboxylic acids is 1. The monoisotopic (exact) mass is 314 g/mol. The molecule has 0 amide bonds. The smallest absolute Gasteiger partial charge is 0.232 e. The van der Waals surface area contributed by atoms with Gasteiger partial charge in [-0.3, -0.25) is 4.79 Å². The molecule has 0 saturated carbocycles. The van der Waals surface area contributed by atoms with Gasteiger partial charge >= 0.3 is 0 Å². The van der Waals surface area contributed by atoms with E-state index in [1.807, 2.05) is 32.0 Å². The van der Waals surface area contributed by atoms with Crippen LogP contribution in [-0.2, 0) is 0 Å². The Balaban J connectivity index is 1.98. The van der Waals surface area contributed by atoms with Crippen molar-refractivity contribution in [2.75, 3.05) is 6.61 Å². The second kappa shape index (κ2) is 5.85. The SMILES string of the molecule is CCOc1cc(C)c2c(c1)O/C(=C\c1cccc(Cl)c1)C2=O. The summed E-state index contributed by atoms with van der Waals surface area (Å²) in [5, 5.41) is 0.618. The average molecular weight is 315 g/mol. The number of aryl methyl sites for hydroxylation is 1. The first kappa shape index (κ1) is 14.7. The summed E-state index contributed by atoms with van der Waals surface area (Å²) >= 11 is 5.97. The van der Waals surface area contributed by atoms with Crippen molar-refractivity contribution in [2.45, 2.75) is 13.8 Å². The van der Waals surface area contributed by atoms with Crippen LogP contribution in [0.2, 0.25) is 5.02 Å². The molecule has 0 aliphatic carbocycles. The number of benzene rings is 2. The van der Waals surface area contributed by atoms with E-state index in [0.717, 1.165) is 11.1 Å². The topological polar surface area (TPSA) is 35.5 Å². The Morgan fingerprint density at radius 1 is 1.27 bits per heavy atom. The van der Waals surface area contributed by atoms with Crippen LogP contribution >= 0.6 is 11.6 Å². The molecular formula is C18H15ClO3. The van der Waals surface area contributed by atoms with E-state index < -0.39 is 0 Å². The molecular weight excluding hydrogens is 300 g/mol. The molecule has 4 heteroatoms. The lowest BCUT2D eigenvalue weighted by Crippen LogP contribution is -1.99. The maximum Gasteiger partial charge on any atom is 0.232 e. The van der Waals surface area contributed by atoms with Gasteiger partial charge in [0.05, 0.1) is 12.2 Å². The zero-order valence-corrected chi connectivity index (χ0v) is 13.1. The third-order valence-corrected chi connectivity index (χ3v) is 3.64. The van der Waals surface area contributed by atoms with Gasteiger partial charge in [0.15, 0.2) is 5.76 Å². The summed E-state index contributed by atoms with van der Waals surface area (Å²) < 4.78 is 11.2. The first-order chi connectivity index (χ1) is 10.6. The molecule has 3 rings (SSSR count). The first-order valence-electron chi connectivity index (χ1n) is 7.05. The predicted molar refractivity (Wildman–Crippen MR) is 86.7 cm³/mol. The summed E-state index contributed by atoms with van der Waals surface area (Å²) in [4.78, 5) is 12.5. The molecule has 0 aromatic heterocycles. The Morgan fingerprint density at radius 2 is 2.09 bits per heavy atom. The summed E-state index contributed by atoms with van der Waals surface area (Å²) in [6.07, 6.45) is 1.70. The lowest BCUT2D eigenvalue weighted by atomic mass is 10.0. The number of hydrogen-bond acceptors (Lipinski definition) is 3. The Morgan fingerprint density at radius 3 is 2.82 bits per heavy atom. The number of rotatable bonds is 3. The molecule has 1 aliphatic heterocycles. The number of ether oxygens (including phenoxy) is 2. The Labute approximate surface area is 134 Å². The highest BCUT2D eigenvalue weighted by Crippen LogP contribution is 2.37. The lowest BCUT2D eigenvalue weighted by molar-refractivity contribution is 0.101. The third kappa shape index (κ3) is 2.72. The quantitative estimate of drug-likeness (QED) is 0.773. The van der Waals surface area contributed by atoms with Crippen molar-refractivity contribution in [1.82, 2.24) is 0 Å². The number of hydrogen-bond donors (Lipinski definition) is 0. The minimum atomic E-state index is -0.115. The predicted octanol–water partition coefficient (Wildman–Crippen LogP) is 4.66. The van der Waals surface area contributed by atoms with E-state index in [1.165, 1.54) is 0 Å². The van der Waals surface area contributed by atoms with E-state index in [-0.39, 0.29) is 5.78 Å². The van der Waals surface area contributed by atoms with Crippen LogP contribution in [0.15, 0.2) is 42.2 Å². The van der Waals surface area contributed by atoms with Crippen molar-refractivity contribution in [3.05, 3.63) is 63.9 Å². The van der Waals surface area contributed by atoms with E-state index in [1.54, 1.807) is 24.3 Å². The highest BCUT2D eigenvalue weighted by Gasteiger charge is 2.29. The van der Waals surface area contributed by atoms with Gasteiger partial charge < -0.3 is 9.47 Å². The maximum atomic E-state index is 12.5. The zero-order valence-electron chi connectivity index (χ0n) is 12.4. The number of halogens is 1. The fourth-order valence-electron chi connectivity index (χ4n) is 2.48. The maximum absolute atomic E-state index is 12.5. The van der Waals surface area contributed by atoms with Gasteiger partial charge in [0, 0.05) is 11.1 Å².